The Morgan fingerprint density at radius 3 is 2.79 bits per heavy atom. The average molecular weight is 475 g/mol. The van der Waals surface area contributed by atoms with E-state index in [-0.39, 0.29) is 32.2 Å². The number of carbonyl (C=O) groups excluding carboxylic acids is 2. The predicted octanol–water partition coefficient (Wildman–Crippen LogP) is 1.67. The first kappa shape index (κ1) is 23.2. The largest absolute Gasteiger partial charge is 0.479 e. The van der Waals surface area contributed by atoms with E-state index in [1.807, 2.05) is 0 Å². The van der Waals surface area contributed by atoms with E-state index in [0.29, 0.717) is 23.2 Å². The Kier molecular flexibility index (Phi) is 6.77. The molecule has 2 aliphatic heterocycles. The summed E-state index contributed by atoms with van der Waals surface area (Å²) in [7, 11) is 0. The summed E-state index contributed by atoms with van der Waals surface area (Å²) in [5.41, 5.74) is 1.33. The molecule has 0 aliphatic carbocycles. The minimum Gasteiger partial charge on any atom is -0.479 e. The van der Waals surface area contributed by atoms with Crippen LogP contribution in [0.15, 0.2) is 41.1 Å². The van der Waals surface area contributed by atoms with Crippen molar-refractivity contribution in [2.75, 3.05) is 31.2 Å². The van der Waals surface area contributed by atoms with Crippen molar-refractivity contribution in [1.29, 1.82) is 0 Å². The molecule has 1 aromatic heterocycles. The molecule has 0 radical (unpaired) electrons. The highest BCUT2D eigenvalue weighted by molar-refractivity contribution is 5.90. The lowest BCUT2D eigenvalue weighted by Gasteiger charge is -2.27. The molecule has 0 saturated carbocycles. The van der Waals surface area contributed by atoms with Gasteiger partial charge in [-0.2, -0.15) is 0 Å². The van der Waals surface area contributed by atoms with Crippen LogP contribution in [-0.2, 0) is 14.3 Å². The van der Waals surface area contributed by atoms with Gasteiger partial charge < -0.3 is 29.1 Å². The van der Waals surface area contributed by atoms with Gasteiger partial charge in [0.1, 0.15) is 31.3 Å². The van der Waals surface area contributed by atoms with Gasteiger partial charge in [0.05, 0.1) is 12.1 Å². The average Bonchev–Trinajstić information content (AvgIpc) is 3.47. The molecule has 34 heavy (non-hydrogen) atoms. The first-order valence-electron chi connectivity index (χ1n) is 10.5. The summed E-state index contributed by atoms with van der Waals surface area (Å²) < 4.78 is 30.3. The number of anilines is 1. The van der Waals surface area contributed by atoms with Gasteiger partial charge in [-0.15, -0.1) is 0 Å². The lowest BCUT2D eigenvalue weighted by Crippen LogP contribution is -2.38. The van der Waals surface area contributed by atoms with Gasteiger partial charge in [-0.05, 0) is 35.3 Å². The van der Waals surface area contributed by atoms with Crippen molar-refractivity contribution in [3.63, 3.8) is 0 Å². The van der Waals surface area contributed by atoms with E-state index in [0.717, 1.165) is 0 Å². The fourth-order valence-electron chi connectivity index (χ4n) is 3.79. The highest BCUT2D eigenvalue weighted by Crippen LogP contribution is 2.30. The molecule has 2 atom stereocenters. The minimum atomic E-state index is -1.76. The first-order valence-corrected chi connectivity index (χ1v) is 10.5. The van der Waals surface area contributed by atoms with E-state index in [4.69, 9.17) is 19.1 Å². The van der Waals surface area contributed by atoms with Crippen LogP contribution in [0.1, 0.15) is 18.4 Å². The highest BCUT2D eigenvalue weighted by atomic mass is 19.1. The molecule has 1 fully saturated rings. The normalized spacial score (nSPS) is 18.9. The number of carbonyl (C=O) groups is 3. The van der Waals surface area contributed by atoms with Crippen molar-refractivity contribution in [2.24, 2.45) is 0 Å². The minimum absolute atomic E-state index is 0.0750. The molecule has 180 valence electrons. The second kappa shape index (κ2) is 9.91. The summed E-state index contributed by atoms with van der Waals surface area (Å²) >= 11 is 0. The molecular formula is C22H22FN3O8. The summed E-state index contributed by atoms with van der Waals surface area (Å²) in [6, 6.07) is 5.45. The monoisotopic (exact) mass is 475 g/mol. The number of hydrogen-bond acceptors (Lipinski definition) is 8. The molecule has 4 rings (SSSR count). The number of hydrogen-bond donors (Lipinski definition) is 2. The summed E-state index contributed by atoms with van der Waals surface area (Å²) in [5.74, 6) is -2.24. The fraction of sp³-hybridized carbons (Fsp3) is 0.364. The first-order chi connectivity index (χ1) is 16.3. The quantitative estimate of drug-likeness (QED) is 0.583. The number of amides is 2. The molecule has 0 spiro atoms. The molecule has 1 unspecified atom stereocenters. The number of carboxylic acids is 1. The van der Waals surface area contributed by atoms with Crippen LogP contribution < -0.4 is 9.64 Å². The Balaban J connectivity index is 1.42. The van der Waals surface area contributed by atoms with E-state index in [9.17, 15) is 19.5 Å². The Hall–Kier alpha value is -3.93. The SMILES string of the molecule is O=C(O)C(O)CC(=O)N1CC=C(c2ccc(N3C(=O)OC[C@H]3COc3ccon3)cc2F)CC1. The van der Waals surface area contributed by atoms with Crippen molar-refractivity contribution >= 4 is 29.2 Å². The van der Waals surface area contributed by atoms with Gasteiger partial charge in [-0.3, -0.25) is 9.69 Å². The van der Waals surface area contributed by atoms with Crippen molar-refractivity contribution in [1.82, 2.24) is 10.1 Å². The van der Waals surface area contributed by atoms with E-state index >= 15 is 4.39 Å². The lowest BCUT2D eigenvalue weighted by atomic mass is 9.98. The summed E-state index contributed by atoms with van der Waals surface area (Å²) in [5, 5.41) is 21.7. The highest BCUT2D eigenvalue weighted by Gasteiger charge is 2.35. The molecule has 1 aromatic carbocycles. The number of nitrogens with zero attached hydrogens (tertiary/aromatic N) is 3. The Labute approximate surface area is 192 Å². The van der Waals surface area contributed by atoms with Crippen LogP contribution in [-0.4, -0.2) is 76.7 Å². The van der Waals surface area contributed by atoms with Crippen LogP contribution in [0, 0.1) is 5.82 Å². The van der Waals surface area contributed by atoms with Crippen molar-refractivity contribution < 1.29 is 43.0 Å². The van der Waals surface area contributed by atoms with Gasteiger partial charge in [-0.1, -0.05) is 6.08 Å². The van der Waals surface area contributed by atoms with E-state index in [2.05, 4.69) is 5.16 Å². The van der Waals surface area contributed by atoms with Crippen LogP contribution in [0.3, 0.4) is 0 Å². The van der Waals surface area contributed by atoms with E-state index in [1.54, 1.807) is 18.2 Å². The number of carboxylic acid groups (broad SMARTS) is 1. The van der Waals surface area contributed by atoms with E-state index in [1.165, 1.54) is 28.2 Å². The second-order valence-electron chi connectivity index (χ2n) is 7.79. The maximum atomic E-state index is 15.0. The van der Waals surface area contributed by atoms with Gasteiger partial charge in [0.2, 0.25) is 5.91 Å². The summed E-state index contributed by atoms with van der Waals surface area (Å²) in [6.07, 6.45) is 0.498. The number of benzene rings is 1. The molecule has 3 heterocycles. The van der Waals surface area contributed by atoms with Crippen molar-refractivity contribution in [3.05, 3.63) is 48.0 Å². The Morgan fingerprint density at radius 1 is 1.32 bits per heavy atom. The maximum Gasteiger partial charge on any atom is 0.414 e. The number of halogens is 1. The molecule has 2 amide bonds. The number of cyclic esters (lactones) is 1. The third-order valence-electron chi connectivity index (χ3n) is 5.59. The molecule has 11 nitrogen and oxygen atoms in total. The molecule has 12 heteroatoms. The zero-order chi connectivity index (χ0) is 24.2. The number of ether oxygens (including phenoxy) is 2. The smallest absolute Gasteiger partial charge is 0.414 e. The molecule has 2 aromatic rings. The number of aliphatic hydroxyl groups is 1. The molecule has 2 N–H and O–H groups in total. The topological polar surface area (TPSA) is 143 Å². The molecular weight excluding hydrogens is 453 g/mol. The Bertz CT molecular complexity index is 1100. The van der Waals surface area contributed by atoms with Crippen LogP contribution in [0.5, 0.6) is 5.88 Å². The standard InChI is InChI=1S/C22H22FN3O8/c23-17-9-14(26-15(12-33-22(26)31)11-32-19-5-8-34-24-19)1-2-16(17)13-3-6-25(7-4-13)20(28)10-18(27)21(29)30/h1-3,5,8-9,15,18,27H,4,6-7,10-12H2,(H,29,30)/t15-,18?/m1/s1. The zero-order valence-electron chi connectivity index (χ0n) is 17.9. The second-order valence-corrected chi connectivity index (χ2v) is 7.79. The molecule has 1 saturated heterocycles. The van der Waals surface area contributed by atoms with Crippen molar-refractivity contribution in [2.45, 2.75) is 25.0 Å². The van der Waals surface area contributed by atoms with Crippen LogP contribution in [0.4, 0.5) is 14.9 Å². The maximum absolute atomic E-state index is 15.0. The number of aromatic nitrogens is 1. The third-order valence-corrected chi connectivity index (χ3v) is 5.59. The van der Waals surface area contributed by atoms with Gasteiger partial charge in [0.15, 0.2) is 6.10 Å². The van der Waals surface area contributed by atoms with Gasteiger partial charge in [-0.25, -0.2) is 14.0 Å². The van der Waals surface area contributed by atoms with Crippen LogP contribution in [0.2, 0.25) is 0 Å². The number of aliphatic carboxylic acids is 1. The third kappa shape index (κ3) is 5.01. The van der Waals surface area contributed by atoms with Gasteiger partial charge in [0.25, 0.3) is 5.88 Å². The Morgan fingerprint density at radius 2 is 2.15 bits per heavy atom. The summed E-state index contributed by atoms with van der Waals surface area (Å²) in [6.45, 7) is 0.582. The lowest BCUT2D eigenvalue weighted by molar-refractivity contribution is -0.150. The molecule has 0 bridgehead atoms. The van der Waals surface area contributed by atoms with Crippen molar-refractivity contribution in [3.8, 4) is 5.88 Å². The van der Waals surface area contributed by atoms with E-state index < -0.39 is 42.4 Å². The number of aliphatic hydroxyl groups excluding tert-OH is 1. The van der Waals surface area contributed by atoms with Gasteiger partial charge in [0, 0.05) is 24.7 Å². The zero-order valence-corrected chi connectivity index (χ0v) is 17.9. The predicted molar refractivity (Wildman–Crippen MR) is 113 cm³/mol. The fourth-order valence-corrected chi connectivity index (χ4v) is 3.79. The molecule has 2 aliphatic rings. The number of rotatable bonds is 8. The van der Waals surface area contributed by atoms with Crippen LogP contribution in [0.25, 0.3) is 5.57 Å². The summed E-state index contributed by atoms with van der Waals surface area (Å²) in [4.78, 5) is 37.8. The van der Waals surface area contributed by atoms with Gasteiger partial charge >= 0.3 is 12.1 Å². The van der Waals surface area contributed by atoms with Crippen LogP contribution >= 0.6 is 0 Å².